The highest BCUT2D eigenvalue weighted by Crippen LogP contribution is 2.79. The number of aromatic amines is 1. The second-order valence-corrected chi connectivity index (χ2v) is 9.94. The normalized spacial score (nSPS) is 28.2. The van der Waals surface area contributed by atoms with Crippen LogP contribution >= 0.6 is 7.60 Å². The predicted octanol–water partition coefficient (Wildman–Crippen LogP) is 1.23. The van der Waals surface area contributed by atoms with Gasteiger partial charge < -0.3 is 25.0 Å². The van der Waals surface area contributed by atoms with Crippen molar-refractivity contribution < 1.29 is 33.7 Å². The van der Waals surface area contributed by atoms with E-state index in [0.29, 0.717) is 6.42 Å². The van der Waals surface area contributed by atoms with Gasteiger partial charge in [-0.2, -0.15) is 0 Å². The third-order valence-corrected chi connectivity index (χ3v) is 7.88. The Bertz CT molecular complexity index is 1030. The lowest BCUT2D eigenvalue weighted by molar-refractivity contribution is -0.125. The largest absolute Gasteiger partial charge is 0.393 e. The van der Waals surface area contributed by atoms with Gasteiger partial charge in [0, 0.05) is 12.8 Å². The van der Waals surface area contributed by atoms with E-state index in [0.717, 1.165) is 0 Å². The molecule has 0 aromatic carbocycles. The SMILES string of the molecule is CCC(C)(CCOC(C(O)C(C)O)n1cnc2c(=O)[nH]cnc21)OP1(=O)OC1(O)CC. The number of aromatic nitrogens is 4. The lowest BCUT2D eigenvalue weighted by atomic mass is 10.0. The number of fused-ring (bicyclic) bond motifs is 1. The Labute approximate surface area is 178 Å². The number of imidazole rings is 1. The summed E-state index contributed by atoms with van der Waals surface area (Å²) in [6, 6.07) is 0. The number of H-pyrrole nitrogens is 1. The first-order valence-corrected chi connectivity index (χ1v) is 11.7. The van der Waals surface area contributed by atoms with Gasteiger partial charge in [-0.1, -0.05) is 13.8 Å². The highest BCUT2D eigenvalue weighted by molar-refractivity contribution is 7.61. The van der Waals surface area contributed by atoms with E-state index in [1.807, 2.05) is 6.92 Å². The molecule has 4 N–H and O–H groups in total. The van der Waals surface area contributed by atoms with Gasteiger partial charge in [0.15, 0.2) is 17.4 Å². The number of hydrogen-bond acceptors (Lipinski definition) is 10. The smallest absolute Gasteiger partial charge is 0.391 e. The van der Waals surface area contributed by atoms with Crippen LogP contribution in [0.2, 0.25) is 0 Å². The van der Waals surface area contributed by atoms with Gasteiger partial charge in [0.2, 0.25) is 0 Å². The minimum Gasteiger partial charge on any atom is -0.391 e. The summed E-state index contributed by atoms with van der Waals surface area (Å²) < 4.78 is 30.5. The van der Waals surface area contributed by atoms with Crippen LogP contribution in [0.15, 0.2) is 17.4 Å². The summed E-state index contributed by atoms with van der Waals surface area (Å²) in [5.74, 6) is 0. The van der Waals surface area contributed by atoms with Crippen LogP contribution in [0.3, 0.4) is 0 Å². The summed E-state index contributed by atoms with van der Waals surface area (Å²) in [6.07, 6.45) is -0.228. The number of aliphatic hydroxyl groups is 3. The van der Waals surface area contributed by atoms with Crippen molar-refractivity contribution in [2.24, 2.45) is 0 Å². The molecule has 0 saturated carbocycles. The lowest BCUT2D eigenvalue weighted by Gasteiger charge is -2.30. The molecule has 1 fully saturated rings. The maximum Gasteiger partial charge on any atom is 0.393 e. The molecule has 12 nitrogen and oxygen atoms in total. The summed E-state index contributed by atoms with van der Waals surface area (Å²) in [5.41, 5.74) is -2.87. The molecular formula is C18H29N4O8P. The van der Waals surface area contributed by atoms with Gasteiger partial charge in [-0.25, -0.2) is 9.97 Å². The Balaban J connectivity index is 1.76. The molecule has 6 atom stereocenters. The van der Waals surface area contributed by atoms with Crippen molar-refractivity contribution in [1.82, 2.24) is 19.5 Å². The molecule has 0 bridgehead atoms. The molecule has 0 spiro atoms. The van der Waals surface area contributed by atoms with Crippen LogP contribution in [-0.2, 0) is 18.3 Å². The minimum absolute atomic E-state index is 0.0339. The summed E-state index contributed by atoms with van der Waals surface area (Å²) in [6.45, 7) is 6.64. The summed E-state index contributed by atoms with van der Waals surface area (Å²) >= 11 is 0. The second kappa shape index (κ2) is 8.70. The summed E-state index contributed by atoms with van der Waals surface area (Å²) in [4.78, 5) is 22.4. The fraction of sp³-hybridized carbons (Fsp3) is 0.722. The monoisotopic (exact) mass is 460 g/mol. The Morgan fingerprint density at radius 3 is 2.68 bits per heavy atom. The van der Waals surface area contributed by atoms with Gasteiger partial charge in [0.05, 0.1) is 31.0 Å². The molecule has 1 aliphatic rings. The molecule has 31 heavy (non-hydrogen) atoms. The maximum absolute atomic E-state index is 12.6. The zero-order valence-corrected chi connectivity index (χ0v) is 18.8. The molecule has 1 saturated heterocycles. The Morgan fingerprint density at radius 1 is 1.39 bits per heavy atom. The van der Waals surface area contributed by atoms with Crippen LogP contribution in [0, 0.1) is 0 Å². The molecule has 2 aromatic rings. The van der Waals surface area contributed by atoms with E-state index in [4.69, 9.17) is 13.8 Å². The first-order chi connectivity index (χ1) is 14.5. The van der Waals surface area contributed by atoms with Crippen LogP contribution in [0.4, 0.5) is 0 Å². The third kappa shape index (κ3) is 4.61. The number of hydrogen-bond donors (Lipinski definition) is 4. The van der Waals surface area contributed by atoms with E-state index in [1.165, 1.54) is 24.1 Å². The van der Waals surface area contributed by atoms with Crippen molar-refractivity contribution in [1.29, 1.82) is 0 Å². The van der Waals surface area contributed by atoms with Crippen molar-refractivity contribution in [3.8, 4) is 0 Å². The summed E-state index contributed by atoms with van der Waals surface area (Å²) in [5, 5.41) is 30.5. The fourth-order valence-corrected chi connectivity index (χ4v) is 5.16. The van der Waals surface area contributed by atoms with E-state index in [1.54, 1.807) is 13.8 Å². The Morgan fingerprint density at radius 2 is 2.10 bits per heavy atom. The third-order valence-electron chi connectivity index (χ3n) is 5.56. The number of nitrogens with zero attached hydrogens (tertiary/aromatic N) is 3. The first kappa shape index (κ1) is 24.0. The van der Waals surface area contributed by atoms with Crippen molar-refractivity contribution in [3.63, 3.8) is 0 Å². The highest BCUT2D eigenvalue weighted by atomic mass is 31.2. The van der Waals surface area contributed by atoms with E-state index in [-0.39, 0.29) is 30.6 Å². The van der Waals surface area contributed by atoms with Crippen molar-refractivity contribution in [3.05, 3.63) is 23.0 Å². The van der Waals surface area contributed by atoms with Gasteiger partial charge in [0.1, 0.15) is 6.10 Å². The van der Waals surface area contributed by atoms with Crippen molar-refractivity contribution in [2.45, 2.75) is 76.5 Å². The van der Waals surface area contributed by atoms with Crippen molar-refractivity contribution >= 4 is 18.8 Å². The summed E-state index contributed by atoms with van der Waals surface area (Å²) in [7, 11) is -3.61. The highest BCUT2D eigenvalue weighted by Gasteiger charge is 2.70. The molecular weight excluding hydrogens is 431 g/mol. The van der Waals surface area contributed by atoms with Crippen LogP contribution in [0.1, 0.15) is 53.2 Å². The second-order valence-electron chi connectivity index (χ2n) is 7.88. The van der Waals surface area contributed by atoms with Crippen LogP contribution in [0.25, 0.3) is 11.2 Å². The fourth-order valence-electron chi connectivity index (χ4n) is 3.12. The van der Waals surface area contributed by atoms with Gasteiger partial charge >= 0.3 is 7.60 Å². The number of rotatable bonds is 11. The number of aliphatic hydroxyl groups excluding tert-OH is 2. The molecule has 0 aliphatic carbocycles. The van der Waals surface area contributed by atoms with Crippen molar-refractivity contribution in [2.75, 3.05) is 6.61 Å². The molecule has 174 valence electrons. The van der Waals surface area contributed by atoms with Crippen LogP contribution in [0.5, 0.6) is 0 Å². The average Bonchev–Trinajstić information content (AvgIpc) is 3.04. The average molecular weight is 460 g/mol. The standard InChI is InChI=1S/C18H29N4O8P/c1-5-17(4,29-31(27)18(26,6-2)30-31)7-8-28-16(13(24)11(3)23)22-10-21-12-14(22)19-9-20-15(12)25/h9-11,13,16,23-24,26H,5-8H2,1-4H3,(H,19,20,25). The van der Waals surface area contributed by atoms with E-state index >= 15 is 0 Å². The molecule has 0 amide bonds. The zero-order valence-electron chi connectivity index (χ0n) is 17.9. The van der Waals surface area contributed by atoms with Gasteiger partial charge in [-0.3, -0.25) is 23.0 Å². The number of nitrogens with one attached hydrogen (secondary N) is 1. The lowest BCUT2D eigenvalue weighted by Crippen LogP contribution is -2.36. The van der Waals surface area contributed by atoms with Gasteiger partial charge in [0.25, 0.3) is 11.1 Å². The quantitative estimate of drug-likeness (QED) is 0.282. The van der Waals surface area contributed by atoms with E-state index in [9.17, 15) is 24.7 Å². The zero-order chi connectivity index (χ0) is 23.0. The molecule has 2 aromatic heterocycles. The Hall–Kier alpha value is -1.66. The Kier molecular flexibility index (Phi) is 6.73. The molecule has 6 unspecified atom stereocenters. The number of ether oxygens (including phenoxy) is 1. The molecule has 3 heterocycles. The minimum atomic E-state index is -3.61. The maximum atomic E-state index is 12.6. The molecule has 1 aliphatic heterocycles. The topological polar surface area (TPSA) is 172 Å². The van der Waals surface area contributed by atoms with Gasteiger partial charge in [-0.15, -0.1) is 0 Å². The molecule has 0 radical (unpaired) electrons. The van der Waals surface area contributed by atoms with Crippen LogP contribution < -0.4 is 5.56 Å². The molecule has 13 heteroatoms. The first-order valence-electron chi connectivity index (χ1n) is 10.1. The van der Waals surface area contributed by atoms with E-state index < -0.39 is 42.7 Å². The van der Waals surface area contributed by atoms with Crippen LogP contribution in [-0.4, -0.2) is 64.8 Å². The predicted molar refractivity (Wildman–Crippen MR) is 109 cm³/mol. The molecule has 3 rings (SSSR count). The van der Waals surface area contributed by atoms with Gasteiger partial charge in [-0.05, 0) is 20.3 Å². The van der Waals surface area contributed by atoms with E-state index in [2.05, 4.69) is 15.0 Å².